The molecule has 2 atom stereocenters. The topological polar surface area (TPSA) is 104 Å². The summed E-state index contributed by atoms with van der Waals surface area (Å²) < 4.78 is 49.0. The standard InChI is InChI=1S/C34H35Cl2F2N3O7S/c35-26-18-40(44)19-27(36)25(26)16-29(24-7-8-28(48-34(37)38)30(15-24)46-20-22-1-2-22)47-33(43)32-41(11-14-49-32)31(42)23-5-3-21(4-6-23)17-39-9-12-45-13-10-39/h3-8,15,18-19,22,29,32,34H,1-2,9-14,16-17,20H2. The third-order valence-corrected chi connectivity index (χ3v) is 10.3. The van der Waals surface area contributed by atoms with E-state index in [4.69, 9.17) is 42.1 Å². The van der Waals surface area contributed by atoms with E-state index in [9.17, 15) is 23.6 Å². The van der Waals surface area contributed by atoms with Gasteiger partial charge < -0.3 is 29.1 Å². The van der Waals surface area contributed by atoms with Gasteiger partial charge in [-0.3, -0.25) is 9.69 Å². The van der Waals surface area contributed by atoms with Crippen LogP contribution in [0.2, 0.25) is 10.0 Å². The van der Waals surface area contributed by atoms with Crippen molar-refractivity contribution in [2.45, 2.75) is 43.9 Å². The number of carbonyl (C=O) groups excluding carboxylic acids is 2. The van der Waals surface area contributed by atoms with Gasteiger partial charge in [0.25, 0.3) is 5.91 Å². The Morgan fingerprint density at radius 2 is 1.73 bits per heavy atom. The maximum atomic E-state index is 13.9. The molecule has 2 aliphatic heterocycles. The fraction of sp³-hybridized carbons (Fsp3) is 0.441. The average molecular weight is 739 g/mol. The monoisotopic (exact) mass is 737 g/mol. The number of morpholine rings is 1. The largest absolute Gasteiger partial charge is 0.619 e. The van der Waals surface area contributed by atoms with Crippen molar-refractivity contribution in [3.63, 3.8) is 0 Å². The van der Waals surface area contributed by atoms with Crippen LogP contribution in [0.15, 0.2) is 54.9 Å². The molecule has 10 nitrogen and oxygen atoms in total. The highest BCUT2D eigenvalue weighted by atomic mass is 35.5. The normalized spacial score (nSPS) is 18.8. The van der Waals surface area contributed by atoms with Crippen molar-refractivity contribution in [1.29, 1.82) is 0 Å². The first-order valence-corrected chi connectivity index (χ1v) is 17.8. The smallest absolute Gasteiger partial charge is 0.387 e. The highest BCUT2D eigenvalue weighted by molar-refractivity contribution is 8.00. The summed E-state index contributed by atoms with van der Waals surface area (Å²) in [6.07, 6.45) is 3.10. The Kier molecular flexibility index (Phi) is 11.7. The van der Waals surface area contributed by atoms with Crippen molar-refractivity contribution in [1.82, 2.24) is 9.80 Å². The van der Waals surface area contributed by atoms with Crippen molar-refractivity contribution in [3.05, 3.63) is 92.4 Å². The van der Waals surface area contributed by atoms with Gasteiger partial charge in [-0.1, -0.05) is 41.4 Å². The third kappa shape index (κ3) is 9.26. The summed E-state index contributed by atoms with van der Waals surface area (Å²) >= 11 is 14.1. The second kappa shape index (κ2) is 16.1. The summed E-state index contributed by atoms with van der Waals surface area (Å²) in [6, 6.07) is 11.7. The lowest BCUT2D eigenvalue weighted by Crippen LogP contribution is -2.40. The van der Waals surface area contributed by atoms with Gasteiger partial charge in [-0.2, -0.15) is 13.5 Å². The Labute approximate surface area is 296 Å². The summed E-state index contributed by atoms with van der Waals surface area (Å²) in [4.78, 5) is 31.3. The number of esters is 1. The quantitative estimate of drug-likeness (QED) is 0.121. The Morgan fingerprint density at radius 1 is 1.02 bits per heavy atom. The van der Waals surface area contributed by atoms with Crippen molar-refractivity contribution in [2.75, 3.05) is 45.2 Å². The van der Waals surface area contributed by atoms with Crippen molar-refractivity contribution >= 4 is 46.8 Å². The fourth-order valence-electron chi connectivity index (χ4n) is 5.67. The van der Waals surface area contributed by atoms with E-state index in [2.05, 4.69) is 4.90 Å². The van der Waals surface area contributed by atoms with Gasteiger partial charge in [-0.15, -0.1) is 11.8 Å². The number of carbonyl (C=O) groups is 2. The molecule has 3 heterocycles. The molecule has 3 fully saturated rings. The van der Waals surface area contributed by atoms with Crippen molar-refractivity contribution in [2.24, 2.45) is 5.92 Å². The number of benzene rings is 2. The van der Waals surface area contributed by atoms with E-state index in [0.717, 1.165) is 50.4 Å². The van der Waals surface area contributed by atoms with Crippen LogP contribution in [0.1, 0.15) is 46.0 Å². The summed E-state index contributed by atoms with van der Waals surface area (Å²) in [5.74, 6) is -0.241. The number of thioether (sulfide) groups is 1. The summed E-state index contributed by atoms with van der Waals surface area (Å²) in [6.45, 7) is 1.41. The van der Waals surface area contributed by atoms with Gasteiger partial charge in [0.1, 0.15) is 16.1 Å². The second-order valence-electron chi connectivity index (χ2n) is 12.1. The molecule has 1 aliphatic carbocycles. The first kappa shape index (κ1) is 35.5. The number of nitrogens with zero attached hydrogens (tertiary/aromatic N) is 3. The van der Waals surface area contributed by atoms with Crippen LogP contribution in [-0.2, 0) is 27.2 Å². The zero-order chi connectivity index (χ0) is 34.5. The first-order valence-electron chi connectivity index (χ1n) is 15.9. The van der Waals surface area contributed by atoms with Crippen LogP contribution >= 0.6 is 35.0 Å². The SMILES string of the molecule is O=C(OC(Cc1c(Cl)c[n+]([O-])cc1Cl)c1ccc(OC(F)F)c(OCC2CC2)c1)C1SCCN1C(=O)c1ccc(CN2CCOCC2)cc1. The molecule has 0 N–H and O–H groups in total. The second-order valence-corrected chi connectivity index (χ2v) is 14.1. The molecule has 15 heteroatoms. The van der Waals surface area contributed by atoms with Crippen molar-refractivity contribution < 1.29 is 42.0 Å². The lowest BCUT2D eigenvalue weighted by molar-refractivity contribution is -0.605. The molecule has 2 aromatic carbocycles. The summed E-state index contributed by atoms with van der Waals surface area (Å²) in [5, 5.41) is 11.1. The highest BCUT2D eigenvalue weighted by Gasteiger charge is 2.38. The molecule has 1 aromatic heterocycles. The Balaban J connectivity index is 1.22. The lowest BCUT2D eigenvalue weighted by Gasteiger charge is -2.27. The molecule has 6 rings (SSSR count). The predicted molar refractivity (Wildman–Crippen MR) is 179 cm³/mol. The molecule has 49 heavy (non-hydrogen) atoms. The minimum absolute atomic E-state index is 0.0514. The maximum absolute atomic E-state index is 13.9. The molecule has 3 aromatic rings. The van der Waals surface area contributed by atoms with Crippen LogP contribution in [0.5, 0.6) is 11.5 Å². The number of halogens is 4. The van der Waals surface area contributed by atoms with E-state index in [1.54, 1.807) is 12.1 Å². The number of hydrogen-bond donors (Lipinski definition) is 0. The molecule has 0 bridgehead atoms. The zero-order valence-corrected chi connectivity index (χ0v) is 28.7. The van der Waals surface area contributed by atoms with E-state index in [0.29, 0.717) is 59.5 Å². The number of hydrogen-bond acceptors (Lipinski definition) is 9. The molecule has 0 radical (unpaired) electrons. The molecule has 2 unspecified atom stereocenters. The molecule has 1 saturated carbocycles. The fourth-order valence-corrected chi connectivity index (χ4v) is 7.37. The Hall–Kier alpha value is -3.36. The van der Waals surface area contributed by atoms with E-state index in [-0.39, 0.29) is 33.9 Å². The lowest BCUT2D eigenvalue weighted by atomic mass is 10.0. The molecule has 1 amide bonds. The van der Waals surface area contributed by atoms with Gasteiger partial charge in [0.2, 0.25) is 0 Å². The number of aromatic nitrogens is 1. The van der Waals surface area contributed by atoms with Crippen molar-refractivity contribution in [3.8, 4) is 11.5 Å². The van der Waals surface area contributed by atoms with E-state index >= 15 is 0 Å². The summed E-state index contributed by atoms with van der Waals surface area (Å²) in [5.41, 5.74) is 2.25. The predicted octanol–water partition coefficient (Wildman–Crippen LogP) is 5.89. The third-order valence-electron chi connectivity index (χ3n) is 8.50. The van der Waals surface area contributed by atoms with Crippen LogP contribution in [0.25, 0.3) is 0 Å². The molecule has 2 saturated heterocycles. The number of pyridine rings is 1. The number of alkyl halides is 2. The van der Waals surface area contributed by atoms with Gasteiger partial charge in [-0.05, 0) is 54.2 Å². The Bertz CT molecular complexity index is 1620. The number of rotatable bonds is 13. The molecule has 262 valence electrons. The average Bonchev–Trinajstić information content (AvgIpc) is 3.78. The van der Waals surface area contributed by atoms with Gasteiger partial charge in [0.15, 0.2) is 29.3 Å². The van der Waals surface area contributed by atoms with Crippen LogP contribution in [-0.4, -0.2) is 78.9 Å². The van der Waals surface area contributed by atoms with E-state index in [1.807, 2.05) is 12.1 Å². The maximum Gasteiger partial charge on any atom is 0.387 e. The van der Waals surface area contributed by atoms with Crippen LogP contribution in [0.4, 0.5) is 8.78 Å². The van der Waals surface area contributed by atoms with Crippen LogP contribution in [0.3, 0.4) is 0 Å². The minimum atomic E-state index is -3.08. The number of ether oxygens (including phenoxy) is 4. The molecular formula is C34H35Cl2F2N3O7S. The van der Waals surface area contributed by atoms with Gasteiger partial charge in [0.05, 0.1) is 19.8 Å². The van der Waals surface area contributed by atoms with Gasteiger partial charge in [-0.25, -0.2) is 4.79 Å². The molecule has 0 spiro atoms. The van der Waals surface area contributed by atoms with Crippen LogP contribution in [0, 0.1) is 11.1 Å². The molecule has 3 aliphatic rings. The van der Waals surface area contributed by atoms with Gasteiger partial charge in [0, 0.05) is 49.5 Å². The summed E-state index contributed by atoms with van der Waals surface area (Å²) in [7, 11) is 0. The zero-order valence-electron chi connectivity index (χ0n) is 26.4. The first-order chi connectivity index (χ1) is 23.6. The van der Waals surface area contributed by atoms with Gasteiger partial charge >= 0.3 is 12.6 Å². The van der Waals surface area contributed by atoms with Crippen LogP contribution < -0.4 is 14.2 Å². The number of amides is 1. The Morgan fingerprint density at radius 3 is 2.41 bits per heavy atom. The van der Waals surface area contributed by atoms with E-state index in [1.165, 1.54) is 34.9 Å². The highest BCUT2D eigenvalue weighted by Crippen LogP contribution is 2.39. The van der Waals surface area contributed by atoms with E-state index < -0.39 is 24.1 Å². The minimum Gasteiger partial charge on any atom is -0.619 e. The molecular weight excluding hydrogens is 703 g/mol.